The van der Waals surface area contributed by atoms with Gasteiger partial charge in [-0.05, 0) is 31.0 Å². The first-order chi connectivity index (χ1) is 11.6. The molecular formula is C19H21N3O2. The Morgan fingerprint density at radius 1 is 1.17 bits per heavy atom. The fourth-order valence-electron chi connectivity index (χ4n) is 2.89. The zero-order valence-corrected chi connectivity index (χ0v) is 13.7. The predicted octanol–water partition coefficient (Wildman–Crippen LogP) is 2.60. The summed E-state index contributed by atoms with van der Waals surface area (Å²) >= 11 is 0. The summed E-state index contributed by atoms with van der Waals surface area (Å²) in [6, 6.07) is 16.7. The zero-order valence-electron chi connectivity index (χ0n) is 13.7. The first-order valence-corrected chi connectivity index (χ1v) is 8.10. The number of anilines is 1. The number of hydrogen-bond acceptors (Lipinski definition) is 2. The number of aryl methyl sites for hydroxylation is 1. The van der Waals surface area contributed by atoms with Crippen LogP contribution in [0.1, 0.15) is 17.5 Å². The van der Waals surface area contributed by atoms with Crippen molar-refractivity contribution in [2.75, 3.05) is 11.4 Å². The van der Waals surface area contributed by atoms with Gasteiger partial charge in [0.2, 0.25) is 5.91 Å². The standard InChI is InChI=1S/C19H21N3O2/c1-14-6-5-7-15(12-14)13-20-19(24)21-17-10-11-22(18(17)23)16-8-3-2-4-9-16/h2-9,12,17H,10-11,13H2,1H3,(H2,20,21,24). The Morgan fingerprint density at radius 3 is 2.71 bits per heavy atom. The minimum atomic E-state index is -0.470. The summed E-state index contributed by atoms with van der Waals surface area (Å²) < 4.78 is 0. The summed E-state index contributed by atoms with van der Waals surface area (Å²) in [6.45, 7) is 3.07. The molecule has 0 bridgehead atoms. The molecule has 2 aromatic rings. The van der Waals surface area contributed by atoms with Gasteiger partial charge in [0.05, 0.1) is 0 Å². The van der Waals surface area contributed by atoms with E-state index in [1.54, 1.807) is 4.90 Å². The van der Waals surface area contributed by atoms with E-state index in [2.05, 4.69) is 10.6 Å². The zero-order chi connectivity index (χ0) is 16.9. The number of para-hydroxylation sites is 1. The molecule has 0 spiro atoms. The van der Waals surface area contributed by atoms with Crippen LogP contribution in [0.15, 0.2) is 54.6 Å². The second-order valence-electron chi connectivity index (χ2n) is 5.98. The molecule has 1 heterocycles. The molecule has 0 radical (unpaired) electrons. The van der Waals surface area contributed by atoms with Crippen molar-refractivity contribution in [2.24, 2.45) is 0 Å². The molecule has 5 nitrogen and oxygen atoms in total. The lowest BCUT2D eigenvalue weighted by Gasteiger charge is -2.17. The minimum Gasteiger partial charge on any atom is -0.334 e. The highest BCUT2D eigenvalue weighted by Crippen LogP contribution is 2.20. The van der Waals surface area contributed by atoms with Crippen LogP contribution in [0.4, 0.5) is 10.5 Å². The quantitative estimate of drug-likeness (QED) is 0.908. The van der Waals surface area contributed by atoms with Crippen LogP contribution in [0.2, 0.25) is 0 Å². The van der Waals surface area contributed by atoms with Gasteiger partial charge in [-0.2, -0.15) is 0 Å². The van der Waals surface area contributed by atoms with Gasteiger partial charge in [-0.1, -0.05) is 48.0 Å². The molecule has 1 aliphatic heterocycles. The number of nitrogens with one attached hydrogen (secondary N) is 2. The van der Waals surface area contributed by atoms with E-state index in [1.807, 2.05) is 61.5 Å². The number of amides is 3. The van der Waals surface area contributed by atoms with Crippen LogP contribution in [0.25, 0.3) is 0 Å². The Morgan fingerprint density at radius 2 is 1.96 bits per heavy atom. The van der Waals surface area contributed by atoms with Gasteiger partial charge in [-0.15, -0.1) is 0 Å². The Labute approximate surface area is 141 Å². The highest BCUT2D eigenvalue weighted by molar-refractivity contribution is 6.01. The van der Waals surface area contributed by atoms with Crippen LogP contribution in [-0.4, -0.2) is 24.5 Å². The van der Waals surface area contributed by atoms with Gasteiger partial charge in [0.1, 0.15) is 6.04 Å². The van der Waals surface area contributed by atoms with Crippen molar-refractivity contribution in [1.82, 2.24) is 10.6 Å². The molecule has 1 aliphatic rings. The minimum absolute atomic E-state index is 0.0631. The normalized spacial score (nSPS) is 17.0. The monoisotopic (exact) mass is 323 g/mol. The third-order valence-electron chi connectivity index (χ3n) is 4.11. The molecule has 1 atom stereocenters. The van der Waals surface area contributed by atoms with E-state index < -0.39 is 6.04 Å². The van der Waals surface area contributed by atoms with Gasteiger partial charge in [-0.3, -0.25) is 4.79 Å². The van der Waals surface area contributed by atoms with Crippen molar-refractivity contribution in [3.05, 3.63) is 65.7 Å². The van der Waals surface area contributed by atoms with Crippen LogP contribution < -0.4 is 15.5 Å². The maximum absolute atomic E-state index is 12.4. The van der Waals surface area contributed by atoms with Crippen molar-refractivity contribution in [3.63, 3.8) is 0 Å². The van der Waals surface area contributed by atoms with Crippen molar-refractivity contribution in [2.45, 2.75) is 25.9 Å². The molecule has 3 rings (SSSR count). The molecule has 0 aliphatic carbocycles. The summed E-state index contributed by atoms with van der Waals surface area (Å²) in [5.74, 6) is -0.0631. The van der Waals surface area contributed by atoms with Crippen molar-refractivity contribution < 1.29 is 9.59 Å². The molecule has 124 valence electrons. The molecule has 1 saturated heterocycles. The van der Waals surface area contributed by atoms with E-state index in [9.17, 15) is 9.59 Å². The molecular weight excluding hydrogens is 302 g/mol. The summed E-state index contributed by atoms with van der Waals surface area (Å²) in [5.41, 5.74) is 3.06. The Bertz CT molecular complexity index is 730. The van der Waals surface area contributed by atoms with E-state index in [1.165, 1.54) is 0 Å². The van der Waals surface area contributed by atoms with Crippen molar-refractivity contribution in [1.29, 1.82) is 0 Å². The third-order valence-corrected chi connectivity index (χ3v) is 4.11. The molecule has 2 aromatic carbocycles. The number of carbonyl (C=O) groups excluding carboxylic acids is 2. The maximum Gasteiger partial charge on any atom is 0.315 e. The lowest BCUT2D eigenvalue weighted by atomic mass is 10.1. The van der Waals surface area contributed by atoms with Gasteiger partial charge in [0.15, 0.2) is 0 Å². The summed E-state index contributed by atoms with van der Waals surface area (Å²) in [6.07, 6.45) is 0.617. The Kier molecular flexibility index (Phi) is 4.79. The largest absolute Gasteiger partial charge is 0.334 e. The molecule has 5 heteroatoms. The van der Waals surface area contributed by atoms with Gasteiger partial charge in [0, 0.05) is 18.8 Å². The Hall–Kier alpha value is -2.82. The number of rotatable bonds is 4. The van der Waals surface area contributed by atoms with Crippen LogP contribution >= 0.6 is 0 Å². The predicted molar refractivity (Wildman–Crippen MR) is 93.8 cm³/mol. The van der Waals surface area contributed by atoms with Crippen molar-refractivity contribution >= 4 is 17.6 Å². The van der Waals surface area contributed by atoms with Gasteiger partial charge in [-0.25, -0.2) is 4.79 Å². The highest BCUT2D eigenvalue weighted by atomic mass is 16.2. The molecule has 2 N–H and O–H groups in total. The van der Waals surface area contributed by atoms with Gasteiger partial charge >= 0.3 is 6.03 Å². The fourth-order valence-corrected chi connectivity index (χ4v) is 2.89. The molecule has 0 saturated carbocycles. The van der Waals surface area contributed by atoms with Crippen LogP contribution in [0.3, 0.4) is 0 Å². The van der Waals surface area contributed by atoms with Gasteiger partial charge in [0.25, 0.3) is 0 Å². The van der Waals surface area contributed by atoms with E-state index in [0.717, 1.165) is 16.8 Å². The van der Waals surface area contributed by atoms with E-state index >= 15 is 0 Å². The Balaban J connectivity index is 1.53. The third kappa shape index (κ3) is 3.74. The summed E-state index contributed by atoms with van der Waals surface area (Å²) in [7, 11) is 0. The number of nitrogens with zero attached hydrogens (tertiary/aromatic N) is 1. The smallest absolute Gasteiger partial charge is 0.315 e. The molecule has 24 heavy (non-hydrogen) atoms. The van der Waals surface area contributed by atoms with Crippen molar-refractivity contribution in [3.8, 4) is 0 Å². The number of hydrogen-bond donors (Lipinski definition) is 2. The van der Waals surface area contributed by atoms with Crippen LogP contribution in [-0.2, 0) is 11.3 Å². The van der Waals surface area contributed by atoms with E-state index in [-0.39, 0.29) is 11.9 Å². The number of carbonyl (C=O) groups is 2. The number of urea groups is 1. The average Bonchev–Trinajstić information content (AvgIpc) is 2.95. The van der Waals surface area contributed by atoms with Gasteiger partial charge < -0.3 is 15.5 Å². The van der Waals surface area contributed by atoms with E-state index in [4.69, 9.17) is 0 Å². The molecule has 1 fully saturated rings. The van der Waals surface area contributed by atoms with Crippen LogP contribution in [0.5, 0.6) is 0 Å². The average molecular weight is 323 g/mol. The molecule has 3 amide bonds. The number of benzene rings is 2. The second kappa shape index (κ2) is 7.17. The first-order valence-electron chi connectivity index (χ1n) is 8.10. The van der Waals surface area contributed by atoms with E-state index in [0.29, 0.717) is 19.5 Å². The summed E-state index contributed by atoms with van der Waals surface area (Å²) in [5, 5.41) is 5.58. The van der Waals surface area contributed by atoms with Crippen LogP contribution in [0, 0.1) is 6.92 Å². The second-order valence-corrected chi connectivity index (χ2v) is 5.98. The SMILES string of the molecule is Cc1cccc(CNC(=O)NC2CCN(c3ccccc3)C2=O)c1. The fraction of sp³-hybridized carbons (Fsp3) is 0.263. The highest BCUT2D eigenvalue weighted by Gasteiger charge is 2.33. The lowest BCUT2D eigenvalue weighted by molar-refractivity contribution is -0.118. The molecule has 1 unspecified atom stereocenters. The first kappa shape index (κ1) is 16.1. The lowest BCUT2D eigenvalue weighted by Crippen LogP contribution is -2.45. The maximum atomic E-state index is 12.4. The topological polar surface area (TPSA) is 61.4 Å². The summed E-state index contributed by atoms with van der Waals surface area (Å²) in [4.78, 5) is 26.2. The molecule has 0 aromatic heterocycles.